The number of halogens is 2. The number of carboxylic acids is 1. The van der Waals surface area contributed by atoms with E-state index in [-0.39, 0.29) is 10.6 Å². The van der Waals surface area contributed by atoms with Crippen LogP contribution in [0.15, 0.2) is 18.2 Å². The van der Waals surface area contributed by atoms with Crippen LogP contribution in [0.25, 0.3) is 0 Å². The molecule has 1 aromatic rings. The number of hydrogen-bond donors (Lipinski definition) is 2. The molecule has 1 rings (SSSR count). The molecule has 0 aliphatic heterocycles. The van der Waals surface area contributed by atoms with Crippen LogP contribution in [0.3, 0.4) is 0 Å². The quantitative estimate of drug-likeness (QED) is 0.870. The number of nitrogens with one attached hydrogen (secondary N) is 1. The fraction of sp³-hybridized carbons (Fsp3) is 0.273. The minimum absolute atomic E-state index is 0.0649. The summed E-state index contributed by atoms with van der Waals surface area (Å²) < 4.78 is 13.7. The zero-order valence-electron chi connectivity index (χ0n) is 9.04. The molecule has 6 heteroatoms. The van der Waals surface area contributed by atoms with E-state index in [1.807, 2.05) is 0 Å². The Labute approximate surface area is 102 Å². The van der Waals surface area contributed by atoms with Gasteiger partial charge in [-0.3, -0.25) is 9.59 Å². The number of carbonyl (C=O) groups excluding carboxylic acids is 1. The maximum atomic E-state index is 13.7. The third kappa shape index (κ3) is 3.71. The van der Waals surface area contributed by atoms with Gasteiger partial charge in [-0.2, -0.15) is 0 Å². The molecular formula is C11H11ClFNO3. The lowest BCUT2D eigenvalue weighted by atomic mass is 10.0. The van der Waals surface area contributed by atoms with Crippen molar-refractivity contribution in [2.75, 3.05) is 0 Å². The summed E-state index contributed by atoms with van der Waals surface area (Å²) in [5, 5.41) is 11.0. The Morgan fingerprint density at radius 1 is 1.53 bits per heavy atom. The van der Waals surface area contributed by atoms with Crippen LogP contribution in [0.5, 0.6) is 0 Å². The zero-order chi connectivity index (χ0) is 13.0. The van der Waals surface area contributed by atoms with Crippen LogP contribution in [0.2, 0.25) is 5.02 Å². The zero-order valence-corrected chi connectivity index (χ0v) is 9.79. The van der Waals surface area contributed by atoms with Gasteiger partial charge in [0.25, 0.3) is 0 Å². The second kappa shape index (κ2) is 5.63. The molecular weight excluding hydrogens is 249 g/mol. The highest BCUT2D eigenvalue weighted by molar-refractivity contribution is 6.30. The molecule has 0 aliphatic rings. The van der Waals surface area contributed by atoms with Crippen LogP contribution >= 0.6 is 11.6 Å². The fourth-order valence-corrected chi connectivity index (χ4v) is 1.63. The molecule has 0 unspecified atom stereocenters. The highest BCUT2D eigenvalue weighted by Gasteiger charge is 2.21. The second-order valence-corrected chi connectivity index (χ2v) is 3.90. The van der Waals surface area contributed by atoms with E-state index in [1.165, 1.54) is 25.1 Å². The SMILES string of the molecule is CC(=O)N[C@H](CC(=O)O)c1cccc(Cl)c1F. The van der Waals surface area contributed by atoms with Gasteiger partial charge >= 0.3 is 5.97 Å². The topological polar surface area (TPSA) is 66.4 Å². The van der Waals surface area contributed by atoms with Crippen LogP contribution in [0.4, 0.5) is 4.39 Å². The molecule has 92 valence electrons. The van der Waals surface area contributed by atoms with Gasteiger partial charge in [0.15, 0.2) is 0 Å². The predicted molar refractivity (Wildman–Crippen MR) is 60.2 cm³/mol. The lowest BCUT2D eigenvalue weighted by Gasteiger charge is -2.17. The summed E-state index contributed by atoms with van der Waals surface area (Å²) in [5.74, 6) is -2.28. The third-order valence-corrected chi connectivity index (χ3v) is 2.41. The second-order valence-electron chi connectivity index (χ2n) is 3.49. The minimum Gasteiger partial charge on any atom is -0.481 e. The Hall–Kier alpha value is -1.62. The molecule has 0 saturated heterocycles. The molecule has 0 spiro atoms. The summed E-state index contributed by atoms with van der Waals surface area (Å²) >= 11 is 5.60. The first-order valence-corrected chi connectivity index (χ1v) is 5.22. The molecule has 1 aromatic carbocycles. The summed E-state index contributed by atoms with van der Waals surface area (Å²) in [4.78, 5) is 21.6. The Morgan fingerprint density at radius 3 is 2.71 bits per heavy atom. The molecule has 0 bridgehead atoms. The van der Waals surface area contributed by atoms with Crippen molar-refractivity contribution in [3.05, 3.63) is 34.6 Å². The maximum Gasteiger partial charge on any atom is 0.305 e. The fourth-order valence-electron chi connectivity index (χ4n) is 1.45. The van der Waals surface area contributed by atoms with Gasteiger partial charge in [-0.1, -0.05) is 23.7 Å². The van der Waals surface area contributed by atoms with Gasteiger partial charge in [0, 0.05) is 12.5 Å². The summed E-state index contributed by atoms with van der Waals surface area (Å²) in [5.41, 5.74) is 0.0649. The predicted octanol–water partition coefficient (Wildman–Crippen LogP) is 2.13. The van der Waals surface area contributed by atoms with E-state index in [4.69, 9.17) is 16.7 Å². The molecule has 4 nitrogen and oxygen atoms in total. The molecule has 0 radical (unpaired) electrons. The van der Waals surface area contributed by atoms with E-state index in [0.717, 1.165) is 0 Å². The number of rotatable bonds is 4. The number of carbonyl (C=O) groups is 2. The molecule has 0 aliphatic carbocycles. The standard InChI is InChI=1S/C11H11ClFNO3/c1-6(15)14-9(5-10(16)17)7-3-2-4-8(12)11(7)13/h2-4,9H,5H2,1H3,(H,14,15)(H,16,17)/t9-/m1/s1. The van der Waals surface area contributed by atoms with Crippen molar-refractivity contribution < 1.29 is 19.1 Å². The van der Waals surface area contributed by atoms with Crippen molar-refractivity contribution in [1.82, 2.24) is 5.32 Å². The van der Waals surface area contributed by atoms with Gasteiger partial charge in [-0.25, -0.2) is 4.39 Å². The van der Waals surface area contributed by atoms with E-state index >= 15 is 0 Å². The van der Waals surface area contributed by atoms with Crippen molar-refractivity contribution in [3.63, 3.8) is 0 Å². The monoisotopic (exact) mass is 259 g/mol. The van der Waals surface area contributed by atoms with Gasteiger partial charge in [0.2, 0.25) is 5.91 Å². The van der Waals surface area contributed by atoms with E-state index in [0.29, 0.717) is 0 Å². The molecule has 17 heavy (non-hydrogen) atoms. The normalized spacial score (nSPS) is 11.9. The number of amides is 1. The van der Waals surface area contributed by atoms with Crippen LogP contribution in [0.1, 0.15) is 24.9 Å². The molecule has 0 saturated carbocycles. The van der Waals surface area contributed by atoms with Crippen LogP contribution in [-0.2, 0) is 9.59 Å². The van der Waals surface area contributed by atoms with Crippen molar-refractivity contribution in [2.45, 2.75) is 19.4 Å². The van der Waals surface area contributed by atoms with E-state index in [2.05, 4.69) is 5.32 Å². The molecule has 1 amide bonds. The first-order chi connectivity index (χ1) is 7.91. The Balaban J connectivity index is 3.07. The van der Waals surface area contributed by atoms with Gasteiger partial charge in [0.05, 0.1) is 17.5 Å². The Morgan fingerprint density at radius 2 is 2.18 bits per heavy atom. The summed E-state index contributed by atoms with van der Waals surface area (Å²) in [6.45, 7) is 1.23. The summed E-state index contributed by atoms with van der Waals surface area (Å²) in [6, 6.07) is 3.32. The van der Waals surface area contributed by atoms with Crippen molar-refractivity contribution in [1.29, 1.82) is 0 Å². The average molecular weight is 260 g/mol. The number of hydrogen-bond acceptors (Lipinski definition) is 2. The molecule has 0 fully saturated rings. The lowest BCUT2D eigenvalue weighted by molar-refractivity contribution is -0.137. The molecule has 2 N–H and O–H groups in total. The smallest absolute Gasteiger partial charge is 0.305 e. The number of carboxylic acid groups (broad SMARTS) is 1. The minimum atomic E-state index is -1.14. The maximum absolute atomic E-state index is 13.7. The first kappa shape index (κ1) is 13.4. The lowest BCUT2D eigenvalue weighted by Crippen LogP contribution is -2.28. The average Bonchev–Trinajstić information content (AvgIpc) is 2.19. The highest BCUT2D eigenvalue weighted by Crippen LogP contribution is 2.25. The van der Waals surface area contributed by atoms with Gasteiger partial charge < -0.3 is 10.4 Å². The highest BCUT2D eigenvalue weighted by atomic mass is 35.5. The molecule has 1 atom stereocenters. The van der Waals surface area contributed by atoms with E-state index in [1.54, 1.807) is 0 Å². The van der Waals surface area contributed by atoms with Crippen LogP contribution in [-0.4, -0.2) is 17.0 Å². The van der Waals surface area contributed by atoms with E-state index in [9.17, 15) is 14.0 Å². The summed E-state index contributed by atoms with van der Waals surface area (Å²) in [7, 11) is 0. The van der Waals surface area contributed by atoms with Crippen LogP contribution in [0, 0.1) is 5.82 Å². The number of benzene rings is 1. The largest absolute Gasteiger partial charge is 0.481 e. The number of aliphatic carboxylic acids is 1. The Bertz CT molecular complexity index is 434. The van der Waals surface area contributed by atoms with Crippen molar-refractivity contribution in [2.24, 2.45) is 0 Å². The molecule has 0 aromatic heterocycles. The summed E-state index contributed by atoms with van der Waals surface area (Å²) in [6.07, 6.45) is -0.406. The third-order valence-electron chi connectivity index (χ3n) is 2.11. The van der Waals surface area contributed by atoms with E-state index < -0.39 is 30.2 Å². The molecule has 0 heterocycles. The van der Waals surface area contributed by atoms with Gasteiger partial charge in [-0.15, -0.1) is 0 Å². The van der Waals surface area contributed by atoms with Gasteiger partial charge in [0.1, 0.15) is 5.82 Å². The van der Waals surface area contributed by atoms with Gasteiger partial charge in [-0.05, 0) is 6.07 Å². The van der Waals surface area contributed by atoms with Crippen LogP contribution < -0.4 is 5.32 Å². The van der Waals surface area contributed by atoms with Crippen molar-refractivity contribution >= 4 is 23.5 Å². The first-order valence-electron chi connectivity index (χ1n) is 4.84. The Kier molecular flexibility index (Phi) is 4.45. The van der Waals surface area contributed by atoms with Crippen molar-refractivity contribution in [3.8, 4) is 0 Å².